The minimum atomic E-state index is -2.69. The van der Waals surface area contributed by atoms with Crippen molar-refractivity contribution >= 4 is 5.78 Å². The zero-order valence-corrected chi connectivity index (χ0v) is 8.28. The highest BCUT2D eigenvalue weighted by Gasteiger charge is 2.43. The first kappa shape index (κ1) is 10.2. The van der Waals surface area contributed by atoms with Gasteiger partial charge in [-0.1, -0.05) is 5.21 Å². The van der Waals surface area contributed by atoms with Crippen molar-refractivity contribution in [2.75, 3.05) is 0 Å². The van der Waals surface area contributed by atoms with Crippen LogP contribution in [0.2, 0.25) is 0 Å². The Morgan fingerprint density at radius 2 is 2.40 bits per heavy atom. The lowest BCUT2D eigenvalue weighted by molar-refractivity contribution is 0.00525. The van der Waals surface area contributed by atoms with Crippen LogP contribution in [0.25, 0.3) is 0 Å². The van der Waals surface area contributed by atoms with E-state index in [9.17, 15) is 13.6 Å². The molecular formula is C9H11F2N3O. The van der Waals surface area contributed by atoms with Crippen molar-refractivity contribution in [2.45, 2.75) is 25.2 Å². The van der Waals surface area contributed by atoms with E-state index < -0.39 is 11.8 Å². The van der Waals surface area contributed by atoms with E-state index in [0.29, 0.717) is 5.69 Å². The number of halogens is 2. The molecule has 2 rings (SSSR count). The molecule has 6 heteroatoms. The number of hydrogen-bond donors (Lipinski definition) is 0. The average molecular weight is 215 g/mol. The third-order valence-electron chi connectivity index (χ3n) is 2.74. The summed E-state index contributed by atoms with van der Waals surface area (Å²) in [5.41, 5.74) is 0.303. The van der Waals surface area contributed by atoms with Crippen LogP contribution in [0.4, 0.5) is 8.78 Å². The Morgan fingerprint density at radius 1 is 1.67 bits per heavy atom. The minimum absolute atomic E-state index is 0.200. The lowest BCUT2D eigenvalue weighted by Gasteiger charge is -2.08. The number of carbonyl (C=O) groups excluding carboxylic acids is 1. The Hall–Kier alpha value is -1.33. The summed E-state index contributed by atoms with van der Waals surface area (Å²) in [5.74, 6) is -3.55. The molecule has 1 unspecified atom stereocenters. The van der Waals surface area contributed by atoms with Crippen LogP contribution in [0, 0.1) is 5.92 Å². The molecule has 0 aromatic carbocycles. The molecule has 0 saturated heterocycles. The number of ketones is 1. The molecule has 0 amide bonds. The van der Waals surface area contributed by atoms with E-state index in [1.54, 1.807) is 7.05 Å². The summed E-state index contributed by atoms with van der Waals surface area (Å²) in [7, 11) is 1.58. The van der Waals surface area contributed by atoms with Crippen molar-refractivity contribution in [3.05, 3.63) is 11.9 Å². The van der Waals surface area contributed by atoms with Gasteiger partial charge in [-0.2, -0.15) is 0 Å². The lowest BCUT2D eigenvalue weighted by atomic mass is 10.0. The van der Waals surface area contributed by atoms with Crippen molar-refractivity contribution in [3.8, 4) is 0 Å². The molecule has 0 radical (unpaired) electrons. The molecule has 1 aliphatic rings. The van der Waals surface area contributed by atoms with E-state index in [1.165, 1.54) is 10.9 Å². The highest BCUT2D eigenvalue weighted by molar-refractivity contribution is 5.96. The van der Waals surface area contributed by atoms with Gasteiger partial charge in [-0.15, -0.1) is 5.10 Å². The molecule has 0 N–H and O–H groups in total. The molecule has 15 heavy (non-hydrogen) atoms. The third kappa shape index (κ3) is 1.88. The predicted molar refractivity (Wildman–Crippen MR) is 47.6 cm³/mol. The quantitative estimate of drug-likeness (QED) is 0.701. The molecule has 1 fully saturated rings. The Balaban J connectivity index is 2.14. The smallest absolute Gasteiger partial charge is 0.248 e. The van der Waals surface area contributed by atoms with Crippen LogP contribution in [0.15, 0.2) is 6.20 Å². The summed E-state index contributed by atoms with van der Waals surface area (Å²) >= 11 is 0. The van der Waals surface area contributed by atoms with Gasteiger partial charge in [0.25, 0.3) is 0 Å². The molecule has 1 aromatic rings. The predicted octanol–water partition coefficient (Wildman–Crippen LogP) is 1.43. The lowest BCUT2D eigenvalue weighted by Crippen LogP contribution is -2.18. The summed E-state index contributed by atoms with van der Waals surface area (Å²) in [6, 6.07) is 0. The third-order valence-corrected chi connectivity index (χ3v) is 2.74. The molecular weight excluding hydrogens is 204 g/mol. The highest BCUT2D eigenvalue weighted by atomic mass is 19.3. The Labute approximate surface area is 85.3 Å². The van der Waals surface area contributed by atoms with E-state index in [4.69, 9.17) is 0 Å². The number of rotatable bonds is 2. The standard InChI is InChI=1S/C9H11F2N3O/c1-14-7(5-12-13-14)8(15)6-2-3-9(10,11)4-6/h5-6H,2-4H2,1H3. The van der Waals surface area contributed by atoms with Crippen LogP contribution in [0.1, 0.15) is 29.8 Å². The fourth-order valence-corrected chi connectivity index (χ4v) is 1.90. The topological polar surface area (TPSA) is 47.8 Å². The van der Waals surface area contributed by atoms with Gasteiger partial charge in [0, 0.05) is 25.8 Å². The second-order valence-electron chi connectivity index (χ2n) is 3.90. The molecule has 1 atom stereocenters. The maximum Gasteiger partial charge on any atom is 0.248 e. The summed E-state index contributed by atoms with van der Waals surface area (Å²) in [6.45, 7) is 0. The second-order valence-corrected chi connectivity index (χ2v) is 3.90. The molecule has 0 bridgehead atoms. The Bertz CT molecular complexity index is 388. The van der Waals surface area contributed by atoms with Crippen LogP contribution >= 0.6 is 0 Å². The first-order valence-electron chi connectivity index (χ1n) is 4.76. The van der Waals surface area contributed by atoms with Crippen LogP contribution in [-0.4, -0.2) is 26.7 Å². The number of carbonyl (C=O) groups is 1. The van der Waals surface area contributed by atoms with Crippen molar-refractivity contribution in [2.24, 2.45) is 13.0 Å². The molecule has 1 aromatic heterocycles. The maximum atomic E-state index is 12.9. The van der Waals surface area contributed by atoms with E-state index >= 15 is 0 Å². The van der Waals surface area contributed by atoms with Crippen molar-refractivity contribution in [3.63, 3.8) is 0 Å². The van der Waals surface area contributed by atoms with Gasteiger partial charge in [0.2, 0.25) is 5.92 Å². The molecule has 1 aliphatic carbocycles. The van der Waals surface area contributed by atoms with Gasteiger partial charge in [0.15, 0.2) is 5.78 Å². The van der Waals surface area contributed by atoms with Crippen LogP contribution in [-0.2, 0) is 7.05 Å². The van der Waals surface area contributed by atoms with Gasteiger partial charge >= 0.3 is 0 Å². The van der Waals surface area contributed by atoms with Gasteiger partial charge < -0.3 is 0 Å². The molecule has 4 nitrogen and oxygen atoms in total. The largest absolute Gasteiger partial charge is 0.292 e. The van der Waals surface area contributed by atoms with Gasteiger partial charge in [0.1, 0.15) is 5.69 Å². The summed E-state index contributed by atoms with van der Waals surface area (Å²) in [5, 5.41) is 7.16. The first-order chi connectivity index (χ1) is 6.99. The van der Waals surface area contributed by atoms with Gasteiger partial charge in [-0.05, 0) is 6.42 Å². The Morgan fingerprint density at radius 3 is 2.87 bits per heavy atom. The van der Waals surface area contributed by atoms with Crippen LogP contribution < -0.4 is 0 Å². The maximum absolute atomic E-state index is 12.9. The monoisotopic (exact) mass is 215 g/mol. The average Bonchev–Trinajstić information content (AvgIpc) is 2.71. The van der Waals surface area contributed by atoms with Gasteiger partial charge in [0.05, 0.1) is 6.20 Å². The number of alkyl halides is 2. The summed E-state index contributed by atoms with van der Waals surface area (Å²) in [4.78, 5) is 11.8. The molecule has 82 valence electrons. The fraction of sp³-hybridized carbons (Fsp3) is 0.667. The van der Waals surface area contributed by atoms with Crippen molar-refractivity contribution in [1.82, 2.24) is 15.0 Å². The first-order valence-corrected chi connectivity index (χ1v) is 4.76. The van der Waals surface area contributed by atoms with E-state index in [1.807, 2.05) is 0 Å². The summed E-state index contributed by atoms with van der Waals surface area (Å²) < 4.78 is 27.1. The van der Waals surface area contributed by atoms with Crippen LogP contribution in [0.3, 0.4) is 0 Å². The normalized spacial score (nSPS) is 24.3. The van der Waals surface area contributed by atoms with Gasteiger partial charge in [-0.3, -0.25) is 4.79 Å². The Kier molecular flexibility index (Phi) is 2.28. The van der Waals surface area contributed by atoms with Crippen molar-refractivity contribution in [1.29, 1.82) is 0 Å². The van der Waals surface area contributed by atoms with E-state index in [2.05, 4.69) is 10.3 Å². The fourth-order valence-electron chi connectivity index (χ4n) is 1.90. The molecule has 0 aliphatic heterocycles. The van der Waals surface area contributed by atoms with E-state index in [-0.39, 0.29) is 25.0 Å². The number of aryl methyl sites for hydroxylation is 1. The molecule has 0 spiro atoms. The van der Waals surface area contributed by atoms with E-state index in [0.717, 1.165) is 0 Å². The van der Waals surface area contributed by atoms with Crippen molar-refractivity contribution < 1.29 is 13.6 Å². The second kappa shape index (κ2) is 3.36. The molecule has 1 saturated carbocycles. The minimum Gasteiger partial charge on any atom is -0.292 e. The number of Topliss-reactive ketones (excluding diaryl/α,β-unsaturated/α-hetero) is 1. The zero-order chi connectivity index (χ0) is 11.1. The number of hydrogen-bond acceptors (Lipinski definition) is 3. The zero-order valence-electron chi connectivity index (χ0n) is 8.28. The summed E-state index contributed by atoms with van der Waals surface area (Å²) in [6.07, 6.45) is 1.02. The van der Waals surface area contributed by atoms with Crippen LogP contribution in [0.5, 0.6) is 0 Å². The highest BCUT2D eigenvalue weighted by Crippen LogP contribution is 2.40. The number of nitrogens with zero attached hydrogens (tertiary/aromatic N) is 3. The number of aromatic nitrogens is 3. The molecule has 1 heterocycles. The SMILES string of the molecule is Cn1nncc1C(=O)C1CCC(F)(F)C1. The van der Waals surface area contributed by atoms with Gasteiger partial charge in [-0.25, -0.2) is 13.5 Å².